The summed E-state index contributed by atoms with van der Waals surface area (Å²) in [6.45, 7) is 0.695. The van der Waals surface area contributed by atoms with Crippen molar-refractivity contribution in [1.82, 2.24) is 19.6 Å². The molecule has 0 bridgehead atoms. The molecule has 0 spiro atoms. The largest absolute Gasteiger partial charge is 0.398 e. The summed E-state index contributed by atoms with van der Waals surface area (Å²) in [5, 5.41) is 4.29. The molecule has 0 fully saturated rings. The van der Waals surface area contributed by atoms with Crippen molar-refractivity contribution in [3.05, 3.63) is 48.0 Å². The number of aromatic nitrogens is 4. The van der Waals surface area contributed by atoms with Crippen LogP contribution >= 0.6 is 0 Å². The Morgan fingerprint density at radius 2 is 2.22 bits per heavy atom. The highest BCUT2D eigenvalue weighted by Crippen LogP contribution is 2.31. The zero-order valence-corrected chi connectivity index (χ0v) is 12.5. The van der Waals surface area contributed by atoms with E-state index in [2.05, 4.69) is 15.1 Å². The molecule has 1 aliphatic rings. The van der Waals surface area contributed by atoms with Crippen molar-refractivity contribution in [2.75, 3.05) is 17.2 Å². The summed E-state index contributed by atoms with van der Waals surface area (Å²) >= 11 is 0. The third kappa shape index (κ3) is 2.40. The molecule has 116 valence electrons. The summed E-state index contributed by atoms with van der Waals surface area (Å²) in [5.74, 6) is 0.954. The van der Waals surface area contributed by atoms with Gasteiger partial charge in [-0.15, -0.1) is 5.10 Å². The smallest absolute Gasteiger partial charge is 0.252 e. The molecule has 2 N–H and O–H groups in total. The summed E-state index contributed by atoms with van der Waals surface area (Å²) in [6, 6.07) is 7.48. The van der Waals surface area contributed by atoms with Gasteiger partial charge in [-0.05, 0) is 36.6 Å². The van der Waals surface area contributed by atoms with Gasteiger partial charge in [-0.25, -0.2) is 9.50 Å². The fraction of sp³-hybridized carbons (Fsp3) is 0.250. The number of carbonyl (C=O) groups is 1. The van der Waals surface area contributed by atoms with Gasteiger partial charge in [0.15, 0.2) is 5.82 Å². The average Bonchev–Trinajstić information content (AvgIpc) is 2.97. The second kappa shape index (κ2) is 5.35. The van der Waals surface area contributed by atoms with Gasteiger partial charge in [0.25, 0.3) is 5.78 Å². The van der Waals surface area contributed by atoms with E-state index < -0.39 is 0 Å². The first-order chi connectivity index (χ1) is 11.2. The number of hydrogen-bond donors (Lipinski definition) is 1. The average molecular weight is 308 g/mol. The Labute approximate surface area is 132 Å². The zero-order chi connectivity index (χ0) is 15.8. The number of rotatable bonds is 2. The van der Waals surface area contributed by atoms with Crippen molar-refractivity contribution in [1.29, 1.82) is 0 Å². The quantitative estimate of drug-likeness (QED) is 0.719. The molecule has 2 aromatic heterocycles. The van der Waals surface area contributed by atoms with Gasteiger partial charge in [-0.2, -0.15) is 4.98 Å². The van der Waals surface area contributed by atoms with Gasteiger partial charge in [-0.1, -0.05) is 6.07 Å². The van der Waals surface area contributed by atoms with Crippen molar-refractivity contribution in [3.8, 4) is 0 Å². The molecular formula is C16H16N6O. The summed E-state index contributed by atoms with van der Waals surface area (Å²) < 4.78 is 1.57. The van der Waals surface area contributed by atoms with Gasteiger partial charge in [-0.3, -0.25) is 4.79 Å². The predicted molar refractivity (Wildman–Crippen MR) is 86.0 cm³/mol. The Morgan fingerprint density at radius 3 is 3.09 bits per heavy atom. The Morgan fingerprint density at radius 1 is 1.30 bits per heavy atom. The molecule has 0 aliphatic carbocycles. The van der Waals surface area contributed by atoms with E-state index in [1.165, 1.54) is 0 Å². The number of benzene rings is 1. The SMILES string of the molecule is Nc1cccc2c1CCCN2C(=O)Cc1nc2ncccn2n1. The van der Waals surface area contributed by atoms with Gasteiger partial charge in [0.1, 0.15) is 0 Å². The summed E-state index contributed by atoms with van der Waals surface area (Å²) in [6.07, 6.45) is 5.38. The molecule has 3 heterocycles. The Kier molecular flexibility index (Phi) is 3.18. The molecule has 1 aliphatic heterocycles. The summed E-state index contributed by atoms with van der Waals surface area (Å²) in [7, 11) is 0. The minimum Gasteiger partial charge on any atom is -0.398 e. The molecule has 0 unspecified atom stereocenters. The summed E-state index contributed by atoms with van der Waals surface area (Å²) in [4.78, 5) is 22.9. The van der Waals surface area contributed by atoms with E-state index >= 15 is 0 Å². The van der Waals surface area contributed by atoms with Crippen molar-refractivity contribution in [2.24, 2.45) is 0 Å². The molecule has 0 atom stereocenters. The number of nitrogens with zero attached hydrogens (tertiary/aromatic N) is 5. The third-order valence-electron chi connectivity index (χ3n) is 4.06. The minimum absolute atomic E-state index is 0.0209. The second-order valence-electron chi connectivity index (χ2n) is 5.56. The maximum atomic E-state index is 12.7. The van der Waals surface area contributed by atoms with E-state index in [1.54, 1.807) is 27.9 Å². The standard InChI is InChI=1S/C16H16N6O/c17-12-5-1-6-13-11(12)4-2-8-21(13)15(23)10-14-19-16-18-7-3-9-22(16)20-14/h1,3,5-7,9H,2,4,8,10,17H2. The van der Waals surface area contributed by atoms with E-state index in [1.807, 2.05) is 18.2 Å². The lowest BCUT2D eigenvalue weighted by molar-refractivity contribution is -0.118. The van der Waals surface area contributed by atoms with Crippen LogP contribution < -0.4 is 10.6 Å². The lowest BCUT2D eigenvalue weighted by Crippen LogP contribution is -2.37. The van der Waals surface area contributed by atoms with Crippen LogP contribution in [-0.2, 0) is 17.6 Å². The third-order valence-corrected chi connectivity index (χ3v) is 4.06. The molecule has 3 aromatic rings. The Bertz CT molecular complexity index is 854. The molecule has 1 amide bonds. The zero-order valence-electron chi connectivity index (χ0n) is 12.5. The first-order valence-electron chi connectivity index (χ1n) is 7.56. The van der Waals surface area contributed by atoms with Crippen molar-refractivity contribution in [2.45, 2.75) is 19.3 Å². The molecule has 4 rings (SSSR count). The fourth-order valence-corrected chi connectivity index (χ4v) is 2.99. The molecule has 0 radical (unpaired) electrons. The highest BCUT2D eigenvalue weighted by atomic mass is 16.2. The van der Waals surface area contributed by atoms with Crippen LogP contribution in [0.3, 0.4) is 0 Å². The van der Waals surface area contributed by atoms with Crippen molar-refractivity contribution in [3.63, 3.8) is 0 Å². The number of hydrogen-bond acceptors (Lipinski definition) is 5. The lowest BCUT2D eigenvalue weighted by atomic mass is 9.99. The number of carbonyl (C=O) groups excluding carboxylic acids is 1. The molecule has 1 aromatic carbocycles. The van der Waals surface area contributed by atoms with Gasteiger partial charge >= 0.3 is 0 Å². The molecule has 23 heavy (non-hydrogen) atoms. The van der Waals surface area contributed by atoms with E-state index in [9.17, 15) is 4.79 Å². The highest BCUT2D eigenvalue weighted by molar-refractivity contribution is 5.96. The lowest BCUT2D eigenvalue weighted by Gasteiger charge is -2.30. The van der Waals surface area contributed by atoms with Crippen LogP contribution in [0.15, 0.2) is 36.7 Å². The minimum atomic E-state index is -0.0209. The number of amides is 1. The number of nitrogen functional groups attached to an aromatic ring is 1. The van der Waals surface area contributed by atoms with Crippen molar-refractivity contribution >= 4 is 23.1 Å². The van der Waals surface area contributed by atoms with E-state index in [4.69, 9.17) is 5.73 Å². The topological polar surface area (TPSA) is 89.4 Å². The van der Waals surface area contributed by atoms with Gasteiger partial charge in [0.2, 0.25) is 5.91 Å². The molecule has 0 saturated heterocycles. The predicted octanol–water partition coefficient (Wildman–Crippen LogP) is 1.23. The van der Waals surface area contributed by atoms with Crippen LogP contribution in [0.2, 0.25) is 0 Å². The van der Waals surface area contributed by atoms with Gasteiger partial charge < -0.3 is 10.6 Å². The molecule has 7 heteroatoms. The maximum Gasteiger partial charge on any atom is 0.252 e. The van der Waals surface area contributed by atoms with Gasteiger partial charge in [0, 0.05) is 30.3 Å². The van der Waals surface area contributed by atoms with Crippen LogP contribution in [0.4, 0.5) is 11.4 Å². The Hall–Kier alpha value is -2.96. The Balaban J connectivity index is 1.62. The van der Waals surface area contributed by atoms with Crippen LogP contribution in [0.1, 0.15) is 17.8 Å². The maximum absolute atomic E-state index is 12.7. The number of fused-ring (bicyclic) bond motifs is 2. The second-order valence-corrected chi connectivity index (χ2v) is 5.56. The van der Waals surface area contributed by atoms with Crippen LogP contribution in [0.5, 0.6) is 0 Å². The van der Waals surface area contributed by atoms with Gasteiger partial charge in [0.05, 0.1) is 6.42 Å². The highest BCUT2D eigenvalue weighted by Gasteiger charge is 2.24. The first-order valence-corrected chi connectivity index (χ1v) is 7.56. The normalized spacial score (nSPS) is 14.0. The number of anilines is 2. The molecule has 7 nitrogen and oxygen atoms in total. The van der Waals surface area contributed by atoms with Crippen LogP contribution in [-0.4, -0.2) is 32.0 Å². The monoisotopic (exact) mass is 308 g/mol. The summed E-state index contributed by atoms with van der Waals surface area (Å²) in [5.41, 5.74) is 8.74. The fourth-order valence-electron chi connectivity index (χ4n) is 2.99. The van der Waals surface area contributed by atoms with Crippen molar-refractivity contribution < 1.29 is 4.79 Å². The van der Waals surface area contributed by atoms with E-state index in [0.717, 1.165) is 29.8 Å². The van der Waals surface area contributed by atoms with E-state index in [-0.39, 0.29) is 12.3 Å². The number of nitrogens with two attached hydrogens (primary N) is 1. The molecular weight excluding hydrogens is 292 g/mol. The van der Waals surface area contributed by atoms with Crippen LogP contribution in [0, 0.1) is 0 Å². The van der Waals surface area contributed by atoms with E-state index in [0.29, 0.717) is 18.1 Å². The van der Waals surface area contributed by atoms with Crippen LogP contribution in [0.25, 0.3) is 5.78 Å². The first kappa shape index (κ1) is 13.7. The molecule has 0 saturated carbocycles.